The van der Waals surface area contributed by atoms with Crippen molar-refractivity contribution in [1.29, 1.82) is 0 Å². The molecule has 1 rings (SSSR count). The summed E-state index contributed by atoms with van der Waals surface area (Å²) in [5.41, 5.74) is -0.412. The fourth-order valence-electron chi connectivity index (χ4n) is 1.99. The number of hydrogen-bond acceptors (Lipinski definition) is 4. The number of hydrogen-bond donors (Lipinski definition) is 3. The topological polar surface area (TPSA) is 87.7 Å². The fraction of sp³-hybridized carbons (Fsp3) is 0.833. The van der Waals surface area contributed by atoms with Gasteiger partial charge >= 0.3 is 12.0 Å². The third-order valence-corrected chi connectivity index (χ3v) is 3.71. The van der Waals surface area contributed by atoms with Gasteiger partial charge in [0, 0.05) is 6.61 Å². The predicted octanol–water partition coefficient (Wildman–Crippen LogP) is 1.06. The van der Waals surface area contributed by atoms with Gasteiger partial charge in [-0.05, 0) is 38.2 Å². The molecule has 6 nitrogen and oxygen atoms in total. The van der Waals surface area contributed by atoms with E-state index in [1.165, 1.54) is 0 Å². The average molecular weight is 290 g/mol. The largest absolute Gasteiger partial charge is 0.480 e. The number of aliphatic carboxylic acids is 1. The molecule has 2 amide bonds. The van der Waals surface area contributed by atoms with Gasteiger partial charge in [0.2, 0.25) is 0 Å². The smallest absolute Gasteiger partial charge is 0.326 e. The Morgan fingerprint density at radius 2 is 2.26 bits per heavy atom. The number of thioether (sulfide) groups is 1. The molecule has 0 spiro atoms. The van der Waals surface area contributed by atoms with Crippen LogP contribution in [0.5, 0.6) is 0 Å². The molecule has 0 aromatic carbocycles. The predicted molar refractivity (Wildman–Crippen MR) is 74.5 cm³/mol. The molecule has 0 aliphatic carbocycles. The molecule has 3 N–H and O–H groups in total. The van der Waals surface area contributed by atoms with Crippen molar-refractivity contribution in [2.45, 2.75) is 37.8 Å². The minimum absolute atomic E-state index is 0.412. The molecule has 1 aliphatic rings. The van der Waals surface area contributed by atoms with E-state index < -0.39 is 23.6 Å². The van der Waals surface area contributed by atoms with Crippen LogP contribution < -0.4 is 10.6 Å². The van der Waals surface area contributed by atoms with Crippen LogP contribution in [0.3, 0.4) is 0 Å². The number of ether oxygens (including phenoxy) is 1. The monoisotopic (exact) mass is 290 g/mol. The van der Waals surface area contributed by atoms with Crippen LogP contribution in [0.4, 0.5) is 4.79 Å². The lowest BCUT2D eigenvalue weighted by molar-refractivity contribution is -0.139. The van der Waals surface area contributed by atoms with Gasteiger partial charge in [0.1, 0.15) is 6.04 Å². The van der Waals surface area contributed by atoms with Crippen molar-refractivity contribution in [1.82, 2.24) is 10.6 Å². The number of carbonyl (C=O) groups excluding carboxylic acids is 1. The molecule has 0 aromatic heterocycles. The Bertz CT molecular complexity index is 319. The Hall–Kier alpha value is -0.950. The van der Waals surface area contributed by atoms with Crippen molar-refractivity contribution in [3.8, 4) is 0 Å². The lowest BCUT2D eigenvalue weighted by atomic mass is 9.95. The van der Waals surface area contributed by atoms with Crippen LogP contribution in [0.2, 0.25) is 0 Å². The van der Waals surface area contributed by atoms with Crippen LogP contribution in [0, 0.1) is 0 Å². The minimum atomic E-state index is -1.01. The first-order valence-corrected chi connectivity index (χ1v) is 7.74. The summed E-state index contributed by atoms with van der Waals surface area (Å²) >= 11 is 1.55. The van der Waals surface area contributed by atoms with E-state index in [-0.39, 0.29) is 0 Å². The second-order valence-electron chi connectivity index (χ2n) is 4.99. The molecular formula is C12H22N2O4S. The van der Waals surface area contributed by atoms with Crippen LogP contribution in [-0.4, -0.2) is 53.9 Å². The summed E-state index contributed by atoms with van der Waals surface area (Å²) in [7, 11) is 0. The quantitative estimate of drug-likeness (QED) is 0.681. The Labute approximate surface area is 117 Å². The first-order chi connectivity index (χ1) is 8.97. The summed E-state index contributed by atoms with van der Waals surface area (Å²) in [6.07, 6.45) is 4.05. The van der Waals surface area contributed by atoms with Crippen LogP contribution in [0.15, 0.2) is 0 Å². The van der Waals surface area contributed by atoms with Crippen molar-refractivity contribution >= 4 is 23.8 Å². The van der Waals surface area contributed by atoms with E-state index in [9.17, 15) is 9.59 Å². The van der Waals surface area contributed by atoms with Crippen LogP contribution in [-0.2, 0) is 9.53 Å². The van der Waals surface area contributed by atoms with Gasteiger partial charge in [-0.1, -0.05) is 0 Å². The van der Waals surface area contributed by atoms with Gasteiger partial charge in [-0.2, -0.15) is 11.8 Å². The molecule has 0 aromatic rings. The third kappa shape index (κ3) is 5.69. The van der Waals surface area contributed by atoms with Crippen molar-refractivity contribution in [2.75, 3.05) is 25.2 Å². The van der Waals surface area contributed by atoms with E-state index in [0.717, 1.165) is 12.8 Å². The Morgan fingerprint density at radius 1 is 1.53 bits per heavy atom. The molecule has 1 unspecified atom stereocenters. The van der Waals surface area contributed by atoms with Crippen LogP contribution in [0.25, 0.3) is 0 Å². The first-order valence-electron chi connectivity index (χ1n) is 6.35. The number of carboxylic acid groups (broad SMARTS) is 1. The zero-order chi connectivity index (χ0) is 14.3. The van der Waals surface area contributed by atoms with Crippen molar-refractivity contribution in [2.24, 2.45) is 0 Å². The SMILES string of the molecule is CSCC[C@H](NC(=O)NC1(C)CCCOC1)C(=O)O. The highest BCUT2D eigenvalue weighted by Crippen LogP contribution is 2.18. The normalized spacial score (nSPS) is 24.5. The Morgan fingerprint density at radius 3 is 2.79 bits per heavy atom. The van der Waals surface area contributed by atoms with E-state index in [4.69, 9.17) is 9.84 Å². The second kappa shape index (κ2) is 7.59. The molecule has 110 valence electrons. The minimum Gasteiger partial charge on any atom is -0.480 e. The molecule has 7 heteroatoms. The lowest BCUT2D eigenvalue weighted by Gasteiger charge is -2.34. The van der Waals surface area contributed by atoms with Crippen LogP contribution >= 0.6 is 11.8 Å². The molecular weight excluding hydrogens is 268 g/mol. The standard InChI is InChI=1S/C12H22N2O4S/c1-12(5-3-6-18-8-12)14-11(17)13-9(10(15)16)4-7-19-2/h9H,3-8H2,1-2H3,(H,15,16)(H2,13,14,17)/t9-,12?/m0/s1. The Kier molecular flexibility index (Phi) is 6.44. The van der Waals surface area contributed by atoms with Gasteiger partial charge in [-0.15, -0.1) is 0 Å². The molecule has 0 radical (unpaired) electrons. The average Bonchev–Trinajstić information content (AvgIpc) is 2.34. The highest BCUT2D eigenvalue weighted by molar-refractivity contribution is 7.98. The van der Waals surface area contributed by atoms with Crippen molar-refractivity contribution in [3.05, 3.63) is 0 Å². The molecule has 0 bridgehead atoms. The molecule has 1 fully saturated rings. The second-order valence-corrected chi connectivity index (χ2v) is 5.97. The number of urea groups is 1. The van der Waals surface area contributed by atoms with Crippen molar-refractivity contribution in [3.63, 3.8) is 0 Å². The van der Waals surface area contributed by atoms with E-state index in [1.54, 1.807) is 11.8 Å². The summed E-state index contributed by atoms with van der Waals surface area (Å²) in [6, 6.07) is -1.29. The highest BCUT2D eigenvalue weighted by Gasteiger charge is 2.30. The van der Waals surface area contributed by atoms with E-state index in [0.29, 0.717) is 25.4 Å². The molecule has 1 saturated heterocycles. The van der Waals surface area contributed by atoms with Crippen molar-refractivity contribution < 1.29 is 19.4 Å². The van der Waals surface area contributed by atoms with Gasteiger partial charge in [0.05, 0.1) is 12.1 Å². The Balaban J connectivity index is 2.45. The summed E-state index contributed by atoms with van der Waals surface area (Å²) in [6.45, 7) is 3.08. The summed E-state index contributed by atoms with van der Waals surface area (Å²) in [5, 5.41) is 14.4. The van der Waals surface area contributed by atoms with Gasteiger partial charge in [-0.3, -0.25) is 0 Å². The lowest BCUT2D eigenvalue weighted by Crippen LogP contribution is -2.57. The molecule has 2 atom stereocenters. The van der Waals surface area contributed by atoms with E-state index in [1.807, 2.05) is 13.2 Å². The number of rotatable bonds is 6. The highest BCUT2D eigenvalue weighted by atomic mass is 32.2. The third-order valence-electron chi connectivity index (χ3n) is 3.07. The zero-order valence-corrected chi connectivity index (χ0v) is 12.2. The molecule has 0 saturated carbocycles. The van der Waals surface area contributed by atoms with E-state index in [2.05, 4.69) is 10.6 Å². The molecule has 1 heterocycles. The van der Waals surface area contributed by atoms with Gasteiger partial charge in [-0.25, -0.2) is 9.59 Å². The maximum Gasteiger partial charge on any atom is 0.326 e. The number of carbonyl (C=O) groups is 2. The summed E-state index contributed by atoms with van der Waals surface area (Å²) < 4.78 is 5.34. The number of nitrogens with one attached hydrogen (secondary N) is 2. The maximum absolute atomic E-state index is 11.8. The summed E-state index contributed by atoms with van der Waals surface area (Å²) in [4.78, 5) is 22.9. The summed E-state index contributed by atoms with van der Waals surface area (Å²) in [5.74, 6) is -0.313. The fourth-order valence-corrected chi connectivity index (χ4v) is 2.47. The number of amides is 2. The first kappa shape index (κ1) is 16.1. The van der Waals surface area contributed by atoms with Gasteiger partial charge in [0.15, 0.2) is 0 Å². The number of carboxylic acids is 1. The maximum atomic E-state index is 11.8. The molecule has 1 aliphatic heterocycles. The van der Waals surface area contributed by atoms with Crippen LogP contribution in [0.1, 0.15) is 26.2 Å². The van der Waals surface area contributed by atoms with Gasteiger partial charge in [0.25, 0.3) is 0 Å². The zero-order valence-electron chi connectivity index (χ0n) is 11.4. The van der Waals surface area contributed by atoms with E-state index >= 15 is 0 Å². The van der Waals surface area contributed by atoms with Gasteiger partial charge < -0.3 is 20.5 Å². The molecule has 19 heavy (non-hydrogen) atoms.